The summed E-state index contributed by atoms with van der Waals surface area (Å²) in [5.41, 5.74) is 1.36. The molecule has 2 aromatic rings. The van der Waals surface area contributed by atoms with Gasteiger partial charge in [-0.3, -0.25) is 4.79 Å². The Kier molecular flexibility index (Phi) is 5.42. The Morgan fingerprint density at radius 2 is 1.90 bits per heavy atom. The first-order chi connectivity index (χ1) is 10.1. The Bertz CT molecular complexity index is 609. The summed E-state index contributed by atoms with van der Waals surface area (Å²) in [6, 6.07) is 8.81. The molecule has 0 atom stereocenters. The van der Waals surface area contributed by atoms with Crippen molar-refractivity contribution in [2.75, 3.05) is 10.6 Å². The summed E-state index contributed by atoms with van der Waals surface area (Å²) >= 11 is 12.2. The number of pyridine rings is 1. The van der Waals surface area contributed by atoms with Crippen LogP contribution in [0, 0.1) is 0 Å². The number of anilines is 3. The molecule has 0 radical (unpaired) electrons. The molecule has 21 heavy (non-hydrogen) atoms. The Hall–Kier alpha value is -1.78. The minimum absolute atomic E-state index is 0.0418. The largest absolute Gasteiger partial charge is 0.352 e. The van der Waals surface area contributed by atoms with E-state index in [2.05, 4.69) is 15.6 Å². The molecule has 0 saturated heterocycles. The number of nitrogens with one attached hydrogen (secondary N) is 2. The molecule has 0 spiro atoms. The third kappa shape index (κ3) is 4.34. The molecular weight excluding hydrogens is 309 g/mol. The molecule has 6 heteroatoms. The molecule has 0 saturated carbocycles. The second kappa shape index (κ2) is 7.29. The van der Waals surface area contributed by atoms with Crippen LogP contribution >= 0.6 is 23.2 Å². The van der Waals surface area contributed by atoms with Gasteiger partial charge in [-0.15, -0.1) is 0 Å². The molecule has 0 unspecified atom stereocenters. The number of rotatable bonds is 5. The highest BCUT2D eigenvalue weighted by Gasteiger charge is 2.06. The van der Waals surface area contributed by atoms with Gasteiger partial charge in [0.25, 0.3) is 0 Å². The van der Waals surface area contributed by atoms with E-state index < -0.39 is 0 Å². The van der Waals surface area contributed by atoms with Gasteiger partial charge in [-0.2, -0.15) is 0 Å². The van der Waals surface area contributed by atoms with Crippen molar-refractivity contribution in [3.05, 3.63) is 46.6 Å². The van der Waals surface area contributed by atoms with Crippen molar-refractivity contribution in [2.45, 2.75) is 19.8 Å². The van der Waals surface area contributed by atoms with Gasteiger partial charge in [-0.25, -0.2) is 4.98 Å². The SMILES string of the molecule is CCCC(=O)Nc1ccc(Nc2c(Cl)cccc2Cl)cn1. The van der Waals surface area contributed by atoms with Crippen LogP contribution < -0.4 is 10.6 Å². The Morgan fingerprint density at radius 3 is 2.48 bits per heavy atom. The van der Waals surface area contributed by atoms with Gasteiger partial charge < -0.3 is 10.6 Å². The van der Waals surface area contributed by atoms with E-state index >= 15 is 0 Å². The molecule has 1 amide bonds. The quantitative estimate of drug-likeness (QED) is 0.825. The molecule has 0 bridgehead atoms. The van der Waals surface area contributed by atoms with Gasteiger partial charge in [0.05, 0.1) is 27.6 Å². The lowest BCUT2D eigenvalue weighted by molar-refractivity contribution is -0.116. The van der Waals surface area contributed by atoms with Gasteiger partial charge in [0.15, 0.2) is 0 Å². The average Bonchev–Trinajstić information content (AvgIpc) is 2.45. The third-order valence-electron chi connectivity index (χ3n) is 2.74. The summed E-state index contributed by atoms with van der Waals surface area (Å²) in [7, 11) is 0. The number of nitrogens with zero attached hydrogens (tertiary/aromatic N) is 1. The fourth-order valence-electron chi connectivity index (χ4n) is 1.74. The monoisotopic (exact) mass is 323 g/mol. The number of halogens is 2. The van der Waals surface area contributed by atoms with E-state index in [1.165, 1.54) is 0 Å². The number of aromatic nitrogens is 1. The first kappa shape index (κ1) is 15.6. The van der Waals surface area contributed by atoms with Crippen molar-refractivity contribution < 1.29 is 4.79 Å². The standard InChI is InChI=1S/C15H15Cl2N3O/c1-2-4-14(21)20-13-8-7-10(9-18-13)19-15-11(16)5-3-6-12(15)17/h3,5-9,19H,2,4H2,1H3,(H,18,20,21). The van der Waals surface area contributed by atoms with Crippen LogP contribution in [0.15, 0.2) is 36.5 Å². The van der Waals surface area contributed by atoms with Crippen LogP contribution in [0.3, 0.4) is 0 Å². The molecule has 0 aliphatic heterocycles. The van der Waals surface area contributed by atoms with Gasteiger partial charge in [-0.05, 0) is 30.7 Å². The van der Waals surface area contributed by atoms with Crippen LogP contribution in [-0.4, -0.2) is 10.9 Å². The van der Waals surface area contributed by atoms with Gasteiger partial charge >= 0.3 is 0 Å². The Morgan fingerprint density at radius 1 is 1.19 bits per heavy atom. The maximum absolute atomic E-state index is 11.5. The van der Waals surface area contributed by atoms with E-state index in [0.717, 1.165) is 12.1 Å². The number of hydrogen-bond acceptors (Lipinski definition) is 3. The number of hydrogen-bond donors (Lipinski definition) is 2. The Balaban J connectivity index is 2.07. The molecule has 110 valence electrons. The second-order valence-electron chi connectivity index (χ2n) is 4.45. The lowest BCUT2D eigenvalue weighted by atomic mass is 10.3. The third-order valence-corrected chi connectivity index (χ3v) is 3.37. The topological polar surface area (TPSA) is 54.0 Å². The number of benzene rings is 1. The summed E-state index contributed by atoms with van der Waals surface area (Å²) in [4.78, 5) is 15.7. The zero-order valence-electron chi connectivity index (χ0n) is 11.5. The van der Waals surface area contributed by atoms with Crippen LogP contribution in [0.2, 0.25) is 10.0 Å². The second-order valence-corrected chi connectivity index (χ2v) is 5.27. The van der Waals surface area contributed by atoms with E-state index in [0.29, 0.717) is 28.0 Å². The highest BCUT2D eigenvalue weighted by atomic mass is 35.5. The predicted octanol–water partition coefficient (Wildman–Crippen LogP) is 4.87. The van der Waals surface area contributed by atoms with Gasteiger partial charge in [0.2, 0.25) is 5.91 Å². The highest BCUT2D eigenvalue weighted by Crippen LogP contribution is 2.32. The van der Waals surface area contributed by atoms with E-state index in [-0.39, 0.29) is 5.91 Å². The van der Waals surface area contributed by atoms with Crippen molar-refractivity contribution >= 4 is 46.3 Å². The summed E-state index contributed by atoms with van der Waals surface area (Å²) in [6.07, 6.45) is 2.90. The maximum Gasteiger partial charge on any atom is 0.225 e. The van der Waals surface area contributed by atoms with Crippen molar-refractivity contribution in [1.29, 1.82) is 0 Å². The van der Waals surface area contributed by atoms with Crippen LogP contribution in [0.5, 0.6) is 0 Å². The van der Waals surface area contributed by atoms with Crippen LogP contribution in [-0.2, 0) is 4.79 Å². The van der Waals surface area contributed by atoms with Crippen LogP contribution in [0.4, 0.5) is 17.2 Å². The average molecular weight is 324 g/mol. The molecule has 1 aromatic heterocycles. The summed E-state index contributed by atoms with van der Waals surface area (Å²) in [6.45, 7) is 1.95. The van der Waals surface area contributed by atoms with Crippen molar-refractivity contribution in [3.8, 4) is 0 Å². The molecule has 1 aromatic carbocycles. The molecule has 0 aliphatic rings. The van der Waals surface area contributed by atoms with E-state index in [1.807, 2.05) is 6.92 Å². The maximum atomic E-state index is 11.5. The van der Waals surface area contributed by atoms with E-state index in [4.69, 9.17) is 23.2 Å². The van der Waals surface area contributed by atoms with Crippen LogP contribution in [0.1, 0.15) is 19.8 Å². The number of amides is 1. The Labute approximate surface area is 133 Å². The molecule has 2 rings (SSSR count). The summed E-state index contributed by atoms with van der Waals surface area (Å²) in [5, 5.41) is 6.89. The minimum atomic E-state index is -0.0418. The number of carbonyl (C=O) groups is 1. The van der Waals surface area contributed by atoms with Crippen LogP contribution in [0.25, 0.3) is 0 Å². The fourth-order valence-corrected chi connectivity index (χ4v) is 2.23. The molecule has 4 nitrogen and oxygen atoms in total. The van der Waals surface area contributed by atoms with E-state index in [1.54, 1.807) is 36.5 Å². The normalized spacial score (nSPS) is 10.2. The smallest absolute Gasteiger partial charge is 0.225 e. The van der Waals surface area contributed by atoms with Gasteiger partial charge in [0.1, 0.15) is 5.82 Å². The minimum Gasteiger partial charge on any atom is -0.352 e. The fraction of sp³-hybridized carbons (Fsp3) is 0.200. The van der Waals surface area contributed by atoms with Gasteiger partial charge in [-0.1, -0.05) is 36.2 Å². The van der Waals surface area contributed by atoms with Crippen molar-refractivity contribution in [1.82, 2.24) is 4.98 Å². The first-order valence-electron chi connectivity index (χ1n) is 6.57. The molecule has 2 N–H and O–H groups in total. The number of carbonyl (C=O) groups excluding carboxylic acids is 1. The van der Waals surface area contributed by atoms with Gasteiger partial charge in [0, 0.05) is 6.42 Å². The molecule has 1 heterocycles. The predicted molar refractivity (Wildman–Crippen MR) is 87.5 cm³/mol. The molecule has 0 aliphatic carbocycles. The van der Waals surface area contributed by atoms with E-state index in [9.17, 15) is 4.79 Å². The summed E-state index contributed by atoms with van der Waals surface area (Å²) in [5.74, 6) is 0.476. The van der Waals surface area contributed by atoms with Crippen molar-refractivity contribution in [3.63, 3.8) is 0 Å². The lowest BCUT2D eigenvalue weighted by Crippen LogP contribution is -2.11. The number of para-hydroxylation sites is 1. The summed E-state index contributed by atoms with van der Waals surface area (Å²) < 4.78 is 0. The van der Waals surface area contributed by atoms with Crippen molar-refractivity contribution in [2.24, 2.45) is 0 Å². The zero-order valence-corrected chi connectivity index (χ0v) is 13.0. The molecule has 0 fully saturated rings. The molecular formula is C15H15Cl2N3O. The highest BCUT2D eigenvalue weighted by molar-refractivity contribution is 6.39. The lowest BCUT2D eigenvalue weighted by Gasteiger charge is -2.10. The zero-order chi connectivity index (χ0) is 15.2. The first-order valence-corrected chi connectivity index (χ1v) is 7.32.